The van der Waals surface area contributed by atoms with Gasteiger partial charge in [0.1, 0.15) is 0 Å². The molecule has 1 saturated carbocycles. The lowest BCUT2D eigenvalue weighted by molar-refractivity contribution is -0.157. The molecule has 6 rings (SSSR count). The van der Waals surface area contributed by atoms with Crippen molar-refractivity contribution in [3.63, 3.8) is 0 Å². The molecular formula is C26H29NO4. The molecule has 31 heavy (non-hydrogen) atoms. The van der Waals surface area contributed by atoms with Crippen LogP contribution in [0.5, 0.6) is 0 Å². The van der Waals surface area contributed by atoms with Crippen molar-refractivity contribution in [2.75, 3.05) is 26.8 Å². The minimum Gasteiger partial charge on any atom is -0.481 e. The van der Waals surface area contributed by atoms with Crippen molar-refractivity contribution < 1.29 is 19.4 Å². The zero-order valence-corrected chi connectivity index (χ0v) is 17.9. The minimum atomic E-state index is -0.945. The smallest absolute Gasteiger partial charge is 0.312 e. The van der Waals surface area contributed by atoms with Crippen LogP contribution in [-0.2, 0) is 19.7 Å². The van der Waals surface area contributed by atoms with E-state index in [4.69, 9.17) is 4.74 Å². The quantitative estimate of drug-likeness (QED) is 0.723. The zero-order chi connectivity index (χ0) is 21.6. The third kappa shape index (κ3) is 2.72. The van der Waals surface area contributed by atoms with Gasteiger partial charge in [-0.3, -0.25) is 9.59 Å². The number of carboxylic acids is 1. The second-order valence-corrected chi connectivity index (χ2v) is 9.28. The van der Waals surface area contributed by atoms with E-state index in [1.165, 1.54) is 11.1 Å². The van der Waals surface area contributed by atoms with Crippen LogP contribution in [0.4, 0.5) is 0 Å². The molecular weight excluding hydrogens is 390 g/mol. The normalized spacial score (nSPS) is 30.7. The van der Waals surface area contributed by atoms with Gasteiger partial charge in [0.15, 0.2) is 0 Å². The molecule has 1 heterocycles. The SMILES string of the molecule is COCCCC(=O)N1C[C@H]2[C@@]3(c4ccccc4)CC[C@H](c4ccccc43)[C@@]2(C(=O)O)C1. The van der Waals surface area contributed by atoms with Crippen LogP contribution in [0.25, 0.3) is 0 Å². The van der Waals surface area contributed by atoms with E-state index in [1.54, 1.807) is 7.11 Å². The van der Waals surface area contributed by atoms with Crippen LogP contribution < -0.4 is 0 Å². The van der Waals surface area contributed by atoms with Gasteiger partial charge in [0.25, 0.3) is 0 Å². The lowest BCUT2D eigenvalue weighted by atomic mass is 9.42. The first-order chi connectivity index (χ1) is 15.1. The number of carboxylic acid groups (broad SMARTS) is 1. The number of aliphatic carboxylic acids is 1. The summed E-state index contributed by atoms with van der Waals surface area (Å²) in [6.07, 6.45) is 2.81. The molecule has 4 atom stereocenters. The first kappa shape index (κ1) is 20.3. The van der Waals surface area contributed by atoms with E-state index in [9.17, 15) is 14.7 Å². The molecule has 162 valence electrons. The summed E-state index contributed by atoms with van der Waals surface area (Å²) < 4.78 is 5.10. The number of hydrogen-bond acceptors (Lipinski definition) is 3. The molecule has 2 aromatic carbocycles. The number of carbonyl (C=O) groups excluding carboxylic acids is 1. The number of rotatable bonds is 6. The van der Waals surface area contributed by atoms with E-state index in [0.29, 0.717) is 32.5 Å². The number of fused-ring (bicyclic) bond motifs is 1. The summed E-state index contributed by atoms with van der Waals surface area (Å²) in [5.41, 5.74) is 2.26. The Morgan fingerprint density at radius 1 is 1.13 bits per heavy atom. The van der Waals surface area contributed by atoms with Gasteiger partial charge in [0.2, 0.25) is 5.91 Å². The van der Waals surface area contributed by atoms with Gasteiger partial charge in [-0.15, -0.1) is 0 Å². The average molecular weight is 420 g/mol. The second-order valence-electron chi connectivity index (χ2n) is 9.28. The number of methoxy groups -OCH3 is 1. The minimum absolute atomic E-state index is 0.0405. The first-order valence-corrected chi connectivity index (χ1v) is 11.2. The molecule has 4 aliphatic rings. The van der Waals surface area contributed by atoms with Gasteiger partial charge < -0.3 is 14.7 Å². The van der Waals surface area contributed by atoms with E-state index in [1.807, 2.05) is 29.2 Å². The van der Waals surface area contributed by atoms with Gasteiger partial charge >= 0.3 is 5.97 Å². The molecule has 1 amide bonds. The largest absolute Gasteiger partial charge is 0.481 e. The molecule has 2 aromatic rings. The number of nitrogens with zero attached hydrogens (tertiary/aromatic N) is 1. The number of hydrogen-bond donors (Lipinski definition) is 1. The molecule has 0 aromatic heterocycles. The van der Waals surface area contributed by atoms with E-state index < -0.39 is 11.4 Å². The summed E-state index contributed by atoms with van der Waals surface area (Å²) in [6, 6.07) is 18.7. The summed E-state index contributed by atoms with van der Waals surface area (Å²) in [5.74, 6) is -0.920. The topological polar surface area (TPSA) is 66.8 Å². The summed E-state index contributed by atoms with van der Waals surface area (Å²) >= 11 is 0. The summed E-state index contributed by atoms with van der Waals surface area (Å²) in [4.78, 5) is 27.9. The molecule has 3 aliphatic carbocycles. The Bertz CT molecular complexity index is 1010. The summed E-state index contributed by atoms with van der Waals surface area (Å²) in [7, 11) is 1.63. The van der Waals surface area contributed by atoms with Gasteiger partial charge in [0.05, 0.1) is 5.41 Å². The van der Waals surface area contributed by atoms with Gasteiger partial charge in [-0.1, -0.05) is 54.6 Å². The van der Waals surface area contributed by atoms with Crippen LogP contribution in [0.1, 0.15) is 48.3 Å². The Labute approximate surface area is 183 Å². The van der Waals surface area contributed by atoms with E-state index in [-0.39, 0.29) is 23.2 Å². The fourth-order valence-corrected chi connectivity index (χ4v) is 6.91. The highest BCUT2D eigenvalue weighted by Crippen LogP contribution is 2.68. The number of ether oxygens (including phenoxy) is 1. The Balaban J connectivity index is 1.65. The maximum atomic E-state index is 13.1. The molecule has 0 radical (unpaired) electrons. The molecule has 5 nitrogen and oxygen atoms in total. The van der Waals surface area contributed by atoms with Crippen molar-refractivity contribution in [1.82, 2.24) is 4.90 Å². The summed E-state index contributed by atoms with van der Waals surface area (Å²) in [6.45, 7) is 1.33. The third-order valence-electron chi connectivity index (χ3n) is 8.12. The molecule has 1 N–H and O–H groups in total. The molecule has 5 heteroatoms. The Morgan fingerprint density at radius 2 is 1.87 bits per heavy atom. The highest BCUT2D eigenvalue weighted by molar-refractivity contribution is 5.84. The van der Waals surface area contributed by atoms with Crippen molar-refractivity contribution >= 4 is 11.9 Å². The van der Waals surface area contributed by atoms with Crippen LogP contribution in [0.2, 0.25) is 0 Å². The van der Waals surface area contributed by atoms with E-state index >= 15 is 0 Å². The van der Waals surface area contributed by atoms with Crippen LogP contribution in [0, 0.1) is 11.3 Å². The molecule has 0 spiro atoms. The maximum Gasteiger partial charge on any atom is 0.312 e. The van der Waals surface area contributed by atoms with Gasteiger partial charge in [-0.2, -0.15) is 0 Å². The predicted octanol–water partition coefficient (Wildman–Crippen LogP) is 3.82. The number of likely N-dealkylation sites (tertiary alicyclic amines) is 1. The van der Waals surface area contributed by atoms with Crippen LogP contribution >= 0.6 is 0 Å². The monoisotopic (exact) mass is 419 g/mol. The molecule has 0 unspecified atom stereocenters. The van der Waals surface area contributed by atoms with Crippen molar-refractivity contribution in [3.05, 3.63) is 71.3 Å². The Hall–Kier alpha value is -2.66. The highest BCUT2D eigenvalue weighted by atomic mass is 16.5. The van der Waals surface area contributed by atoms with Gasteiger partial charge in [-0.05, 0) is 36.0 Å². The van der Waals surface area contributed by atoms with Crippen molar-refractivity contribution in [2.45, 2.75) is 37.0 Å². The van der Waals surface area contributed by atoms with Crippen LogP contribution in [0.3, 0.4) is 0 Å². The van der Waals surface area contributed by atoms with Crippen molar-refractivity contribution in [2.24, 2.45) is 11.3 Å². The average Bonchev–Trinajstić information content (AvgIpc) is 3.24. The number of carbonyl (C=O) groups is 2. The molecule has 1 aliphatic heterocycles. The van der Waals surface area contributed by atoms with E-state index in [2.05, 4.69) is 30.3 Å². The molecule has 2 bridgehead atoms. The highest BCUT2D eigenvalue weighted by Gasteiger charge is 2.70. The summed E-state index contributed by atoms with van der Waals surface area (Å²) in [5, 5.41) is 10.7. The molecule has 1 saturated heterocycles. The van der Waals surface area contributed by atoms with Gasteiger partial charge in [-0.25, -0.2) is 0 Å². The van der Waals surface area contributed by atoms with E-state index in [0.717, 1.165) is 18.4 Å². The number of amides is 1. The standard InChI is InChI=1S/C26H29NO4/c1-31-15-7-12-23(28)27-16-22-25(18-8-3-2-4-9-18)14-13-21(26(22,17-27)24(29)30)19-10-5-6-11-20(19)25/h2-6,8-11,21-22H,7,12-17H2,1H3,(H,29,30)/t21-,22+,25-,26+/m1/s1. The van der Waals surface area contributed by atoms with Crippen molar-refractivity contribution in [3.8, 4) is 0 Å². The Morgan fingerprint density at radius 3 is 2.61 bits per heavy atom. The first-order valence-electron chi connectivity index (χ1n) is 11.2. The number of benzene rings is 2. The Kier molecular flexibility index (Phi) is 4.89. The fourth-order valence-electron chi connectivity index (χ4n) is 6.91. The van der Waals surface area contributed by atoms with Crippen molar-refractivity contribution in [1.29, 1.82) is 0 Å². The maximum absolute atomic E-state index is 13.1. The fraction of sp³-hybridized carbons (Fsp3) is 0.462. The lowest BCUT2D eigenvalue weighted by Crippen LogP contribution is -2.60. The lowest BCUT2D eigenvalue weighted by Gasteiger charge is -2.59. The van der Waals surface area contributed by atoms with Crippen LogP contribution in [0.15, 0.2) is 54.6 Å². The van der Waals surface area contributed by atoms with Crippen LogP contribution in [-0.4, -0.2) is 48.7 Å². The predicted molar refractivity (Wildman–Crippen MR) is 117 cm³/mol. The molecule has 2 fully saturated rings. The van der Waals surface area contributed by atoms with Gasteiger partial charge in [0, 0.05) is 50.5 Å². The zero-order valence-electron chi connectivity index (χ0n) is 17.9. The third-order valence-corrected chi connectivity index (χ3v) is 8.12. The second kappa shape index (κ2) is 7.49.